The van der Waals surface area contributed by atoms with Crippen molar-refractivity contribution in [2.45, 2.75) is 61.6 Å². The molecule has 3 amide bonds. The minimum absolute atomic E-state index is 0.0584. The number of unbranched alkanes of at least 4 members (excludes halogenated alkanes) is 1. The smallest absolute Gasteiger partial charge is 0.316 e. The van der Waals surface area contributed by atoms with Gasteiger partial charge in [0.2, 0.25) is 5.91 Å². The molecule has 2 fully saturated rings. The highest BCUT2D eigenvalue weighted by atomic mass is 32.2. The van der Waals surface area contributed by atoms with Gasteiger partial charge >= 0.3 is 6.03 Å². The molecule has 194 valence electrons. The largest absolute Gasteiger partial charge is 0.356 e. The van der Waals surface area contributed by atoms with Crippen LogP contribution in [0.15, 0.2) is 36.4 Å². The van der Waals surface area contributed by atoms with Gasteiger partial charge in [0.05, 0.1) is 11.4 Å². The van der Waals surface area contributed by atoms with Crippen molar-refractivity contribution in [1.82, 2.24) is 26.2 Å². The lowest BCUT2D eigenvalue weighted by molar-refractivity contribution is -0.121. The van der Waals surface area contributed by atoms with Gasteiger partial charge < -0.3 is 26.2 Å². The maximum absolute atomic E-state index is 12.2. The van der Waals surface area contributed by atoms with Crippen molar-refractivity contribution in [3.05, 3.63) is 42.0 Å². The molecule has 3 atom stereocenters. The summed E-state index contributed by atoms with van der Waals surface area (Å²) in [5.74, 6) is 0.368. The van der Waals surface area contributed by atoms with E-state index in [1.165, 1.54) is 0 Å². The van der Waals surface area contributed by atoms with Crippen LogP contribution in [-0.4, -0.2) is 65.1 Å². The van der Waals surface area contributed by atoms with E-state index in [1.54, 1.807) is 0 Å². The van der Waals surface area contributed by atoms with E-state index in [1.807, 2.05) is 47.0 Å². The molecule has 0 saturated carbocycles. The highest BCUT2D eigenvalue weighted by Gasteiger charge is 2.40. The lowest BCUT2D eigenvalue weighted by Gasteiger charge is -2.26. The summed E-state index contributed by atoms with van der Waals surface area (Å²) in [5, 5.41) is 31.6. The van der Waals surface area contributed by atoms with E-state index in [0.29, 0.717) is 24.8 Å². The van der Waals surface area contributed by atoms with Crippen LogP contribution in [0.1, 0.15) is 44.1 Å². The number of nitrogens with zero attached hydrogens (tertiary/aromatic N) is 1. The predicted molar refractivity (Wildman–Crippen MR) is 144 cm³/mol. The van der Waals surface area contributed by atoms with Gasteiger partial charge in [-0.1, -0.05) is 30.7 Å². The van der Waals surface area contributed by atoms with E-state index in [0.717, 1.165) is 56.3 Å². The van der Waals surface area contributed by atoms with Crippen LogP contribution in [0, 0.1) is 10.8 Å². The van der Waals surface area contributed by atoms with Gasteiger partial charge in [-0.25, -0.2) is 4.79 Å². The second-order valence-electron chi connectivity index (χ2n) is 9.36. The molecule has 36 heavy (non-hydrogen) atoms. The number of carbonyl (C=O) groups is 2. The van der Waals surface area contributed by atoms with Crippen molar-refractivity contribution in [1.29, 1.82) is 10.8 Å². The minimum Gasteiger partial charge on any atom is -0.356 e. The molecular weight excluding hydrogens is 476 g/mol. The maximum atomic E-state index is 12.2. The van der Waals surface area contributed by atoms with Gasteiger partial charge in [-0.05, 0) is 49.8 Å². The summed E-state index contributed by atoms with van der Waals surface area (Å²) < 4.78 is 0. The van der Waals surface area contributed by atoms with Gasteiger partial charge in [0.1, 0.15) is 0 Å². The Kier molecular flexibility index (Phi) is 9.10. The number of hydrogen-bond donors (Lipinski definition) is 7. The third-order valence-corrected chi connectivity index (χ3v) is 8.12. The summed E-state index contributed by atoms with van der Waals surface area (Å²) in [6.45, 7) is 2.06. The van der Waals surface area contributed by atoms with Crippen molar-refractivity contribution in [3.63, 3.8) is 0 Å². The minimum atomic E-state index is -0.0584. The second kappa shape index (κ2) is 12.7. The summed E-state index contributed by atoms with van der Waals surface area (Å²) in [6, 6.07) is 7.95. The van der Waals surface area contributed by atoms with Crippen LogP contribution in [-0.2, 0) is 11.2 Å². The van der Waals surface area contributed by atoms with Crippen LogP contribution in [0.25, 0.3) is 0 Å². The zero-order valence-electron chi connectivity index (χ0n) is 20.4. The van der Waals surface area contributed by atoms with Crippen molar-refractivity contribution >= 4 is 41.3 Å². The number of rotatable bonds is 9. The number of carbonyl (C=O) groups excluding carboxylic acids is 2. The average Bonchev–Trinajstić information content (AvgIpc) is 3.40. The highest BCUT2D eigenvalue weighted by molar-refractivity contribution is 8.00. The van der Waals surface area contributed by atoms with Crippen LogP contribution in [0.4, 0.5) is 10.5 Å². The molecule has 0 bridgehead atoms. The van der Waals surface area contributed by atoms with Gasteiger partial charge in [-0.3, -0.25) is 20.9 Å². The summed E-state index contributed by atoms with van der Waals surface area (Å²) >= 11 is 1.84. The first-order valence-electron chi connectivity index (χ1n) is 12.7. The van der Waals surface area contributed by atoms with Gasteiger partial charge in [-0.15, -0.1) is 11.8 Å². The Morgan fingerprint density at radius 1 is 1.14 bits per heavy atom. The third-order valence-electron chi connectivity index (χ3n) is 6.57. The van der Waals surface area contributed by atoms with Crippen molar-refractivity contribution in [2.75, 3.05) is 25.0 Å². The Bertz CT molecular complexity index is 967. The molecule has 0 aliphatic carbocycles. The number of anilines is 1. The normalized spacial score (nSPS) is 22.4. The van der Waals surface area contributed by atoms with Crippen molar-refractivity contribution in [2.24, 2.45) is 0 Å². The van der Waals surface area contributed by atoms with Gasteiger partial charge in [-0.2, -0.15) is 0 Å². The van der Waals surface area contributed by atoms with E-state index in [4.69, 9.17) is 10.8 Å². The first-order valence-corrected chi connectivity index (χ1v) is 13.6. The van der Waals surface area contributed by atoms with E-state index >= 15 is 0 Å². The highest BCUT2D eigenvalue weighted by Crippen LogP contribution is 2.37. The van der Waals surface area contributed by atoms with Crippen molar-refractivity contribution in [3.8, 4) is 0 Å². The van der Waals surface area contributed by atoms with Gasteiger partial charge in [0.15, 0.2) is 11.9 Å². The fourth-order valence-electron chi connectivity index (χ4n) is 4.62. The van der Waals surface area contributed by atoms with E-state index in [-0.39, 0.29) is 35.3 Å². The van der Waals surface area contributed by atoms with Gasteiger partial charge in [0, 0.05) is 37.0 Å². The second-order valence-corrected chi connectivity index (χ2v) is 10.8. The molecular formula is C25H36N8O2S. The number of fused-ring (bicyclic) bond motifs is 1. The summed E-state index contributed by atoms with van der Waals surface area (Å²) in [5.41, 5.74) is 1.88. The third kappa shape index (κ3) is 7.64. The Morgan fingerprint density at radius 2 is 1.97 bits per heavy atom. The molecule has 4 rings (SSSR count). The molecule has 1 aromatic carbocycles. The number of amides is 3. The van der Waals surface area contributed by atoms with Crippen LogP contribution in [0.5, 0.6) is 0 Å². The SMILES string of the molecule is N=C(NC(=N)N1CC=CCC1)Nc1ccc(CCNC(=O)CCCCC2CC3NC(=O)NC3S2)cc1. The molecule has 3 unspecified atom stereocenters. The number of thioether (sulfide) groups is 1. The molecule has 1 aromatic rings. The molecule has 3 aliphatic rings. The topological polar surface area (TPSA) is 145 Å². The molecule has 0 aromatic heterocycles. The zero-order chi connectivity index (χ0) is 25.3. The molecule has 10 nitrogen and oxygen atoms in total. The number of nitrogens with one attached hydrogen (secondary N) is 7. The fourth-order valence-corrected chi connectivity index (χ4v) is 6.20. The number of benzene rings is 1. The summed E-state index contributed by atoms with van der Waals surface area (Å²) in [7, 11) is 0. The van der Waals surface area contributed by atoms with Crippen LogP contribution in [0.3, 0.4) is 0 Å². The average molecular weight is 513 g/mol. The van der Waals surface area contributed by atoms with E-state index < -0.39 is 0 Å². The first-order chi connectivity index (χ1) is 17.5. The summed E-state index contributed by atoms with van der Waals surface area (Å²) in [6.07, 6.45) is 10.3. The molecule has 11 heteroatoms. The Morgan fingerprint density at radius 3 is 2.72 bits per heavy atom. The van der Waals surface area contributed by atoms with Crippen LogP contribution < -0.4 is 26.6 Å². The van der Waals surface area contributed by atoms with Crippen LogP contribution >= 0.6 is 11.8 Å². The Balaban J connectivity index is 1.05. The van der Waals surface area contributed by atoms with Gasteiger partial charge in [0.25, 0.3) is 0 Å². The monoisotopic (exact) mass is 512 g/mol. The van der Waals surface area contributed by atoms with E-state index in [9.17, 15) is 9.59 Å². The summed E-state index contributed by atoms with van der Waals surface area (Å²) in [4.78, 5) is 25.3. The number of urea groups is 1. The van der Waals surface area contributed by atoms with Crippen molar-refractivity contribution < 1.29 is 9.59 Å². The quantitative estimate of drug-likeness (QED) is 0.117. The Hall–Kier alpha value is -3.21. The van der Waals surface area contributed by atoms with Crippen LogP contribution in [0.2, 0.25) is 0 Å². The fraction of sp³-hybridized carbons (Fsp3) is 0.520. The first kappa shape index (κ1) is 25.9. The molecule has 0 spiro atoms. The van der Waals surface area contributed by atoms with E-state index in [2.05, 4.69) is 32.7 Å². The molecule has 7 N–H and O–H groups in total. The molecule has 2 saturated heterocycles. The Labute approximate surface area is 216 Å². The lowest BCUT2D eigenvalue weighted by Crippen LogP contribution is -2.46. The standard InChI is InChI=1S/C25H36N8O2S/c26-23(32-24(27)33-14-4-1-5-15-33)29-18-10-8-17(9-11-18)12-13-28-21(34)7-3-2-6-19-16-20-22(36-19)31-25(35)30-20/h1,4,8-11,19-20,22H,2-3,5-7,12-16H2,(H,28,34)(H2,30,31,35)(H4,26,27,29,32). The predicted octanol–water partition coefficient (Wildman–Crippen LogP) is 2.55. The lowest BCUT2D eigenvalue weighted by atomic mass is 10.1. The zero-order valence-corrected chi connectivity index (χ0v) is 21.3. The number of hydrogen-bond acceptors (Lipinski definition) is 5. The maximum Gasteiger partial charge on any atom is 0.316 e. The molecule has 3 heterocycles. The molecule has 3 aliphatic heterocycles. The molecule has 0 radical (unpaired) electrons. The number of guanidine groups is 2.